The molecular formula is C14H19NO3. The van der Waals surface area contributed by atoms with Crippen LogP contribution in [-0.4, -0.2) is 28.9 Å². The Bertz CT molecular complexity index is 442. The molecule has 4 heteroatoms. The number of benzene rings is 1. The number of carbonyl (C=O) groups is 2. The molecule has 1 N–H and O–H groups in total. The standard InChI is InChI=1S/C14H19NO3/c1-10-6-4-5-7-12(10)9-15(3)14(18)11(2)8-13(16)17/h4-7,11H,8-9H2,1-3H3,(H,16,17). The Hall–Kier alpha value is -1.84. The van der Waals surface area contributed by atoms with Crippen molar-refractivity contribution in [3.8, 4) is 0 Å². The van der Waals surface area contributed by atoms with Gasteiger partial charge in [-0.2, -0.15) is 0 Å². The van der Waals surface area contributed by atoms with E-state index in [2.05, 4.69) is 0 Å². The molecule has 0 saturated heterocycles. The molecule has 1 amide bonds. The van der Waals surface area contributed by atoms with E-state index >= 15 is 0 Å². The number of carboxylic acid groups (broad SMARTS) is 1. The Labute approximate surface area is 107 Å². The zero-order chi connectivity index (χ0) is 13.7. The molecule has 1 rings (SSSR count). The molecule has 4 nitrogen and oxygen atoms in total. The van der Waals surface area contributed by atoms with E-state index in [0.29, 0.717) is 6.54 Å². The van der Waals surface area contributed by atoms with Gasteiger partial charge in [0.15, 0.2) is 0 Å². The molecule has 0 aliphatic carbocycles. The van der Waals surface area contributed by atoms with Gasteiger partial charge in [-0.15, -0.1) is 0 Å². The summed E-state index contributed by atoms with van der Waals surface area (Å²) in [5.74, 6) is -1.57. The molecule has 0 aromatic heterocycles. The van der Waals surface area contributed by atoms with Crippen LogP contribution in [0.15, 0.2) is 24.3 Å². The number of carbonyl (C=O) groups excluding carboxylic acids is 1. The number of nitrogens with zero attached hydrogens (tertiary/aromatic N) is 1. The van der Waals surface area contributed by atoms with Gasteiger partial charge in [0, 0.05) is 19.5 Å². The van der Waals surface area contributed by atoms with Crippen LogP contribution in [0.2, 0.25) is 0 Å². The zero-order valence-electron chi connectivity index (χ0n) is 11.0. The van der Waals surface area contributed by atoms with Gasteiger partial charge in [0.05, 0.1) is 6.42 Å². The van der Waals surface area contributed by atoms with Crippen molar-refractivity contribution in [1.82, 2.24) is 4.90 Å². The molecule has 1 aromatic rings. The van der Waals surface area contributed by atoms with E-state index < -0.39 is 11.9 Å². The van der Waals surface area contributed by atoms with Gasteiger partial charge < -0.3 is 10.0 Å². The van der Waals surface area contributed by atoms with Crippen molar-refractivity contribution in [3.05, 3.63) is 35.4 Å². The van der Waals surface area contributed by atoms with Crippen molar-refractivity contribution in [2.24, 2.45) is 5.92 Å². The summed E-state index contributed by atoms with van der Waals surface area (Å²) >= 11 is 0. The summed E-state index contributed by atoms with van der Waals surface area (Å²) < 4.78 is 0. The minimum absolute atomic E-state index is 0.128. The minimum atomic E-state index is -0.944. The normalized spacial score (nSPS) is 11.9. The zero-order valence-corrected chi connectivity index (χ0v) is 11.0. The highest BCUT2D eigenvalue weighted by Crippen LogP contribution is 2.13. The smallest absolute Gasteiger partial charge is 0.304 e. The van der Waals surface area contributed by atoms with E-state index in [4.69, 9.17) is 5.11 Å². The Morgan fingerprint density at radius 3 is 2.50 bits per heavy atom. The predicted octanol–water partition coefficient (Wildman–Crippen LogP) is 2.06. The average molecular weight is 249 g/mol. The Kier molecular flexibility index (Phi) is 4.89. The molecule has 98 valence electrons. The van der Waals surface area contributed by atoms with E-state index in [-0.39, 0.29) is 12.3 Å². The lowest BCUT2D eigenvalue weighted by atomic mass is 10.1. The highest BCUT2D eigenvalue weighted by atomic mass is 16.4. The first-order valence-corrected chi connectivity index (χ1v) is 5.93. The fourth-order valence-corrected chi connectivity index (χ4v) is 1.85. The van der Waals surface area contributed by atoms with Crippen LogP contribution in [0.5, 0.6) is 0 Å². The number of hydrogen-bond donors (Lipinski definition) is 1. The molecule has 18 heavy (non-hydrogen) atoms. The second kappa shape index (κ2) is 6.19. The first-order valence-electron chi connectivity index (χ1n) is 5.93. The number of carboxylic acids is 1. The van der Waals surface area contributed by atoms with Crippen molar-refractivity contribution in [1.29, 1.82) is 0 Å². The summed E-state index contributed by atoms with van der Waals surface area (Å²) in [6, 6.07) is 7.85. The van der Waals surface area contributed by atoms with Gasteiger partial charge in [0.2, 0.25) is 5.91 Å². The van der Waals surface area contributed by atoms with Crippen molar-refractivity contribution >= 4 is 11.9 Å². The van der Waals surface area contributed by atoms with Gasteiger partial charge in [-0.25, -0.2) is 0 Å². The monoisotopic (exact) mass is 249 g/mol. The van der Waals surface area contributed by atoms with E-state index in [1.807, 2.05) is 31.2 Å². The third kappa shape index (κ3) is 3.87. The van der Waals surface area contributed by atoms with Gasteiger partial charge in [-0.1, -0.05) is 31.2 Å². The largest absolute Gasteiger partial charge is 0.481 e. The van der Waals surface area contributed by atoms with Crippen molar-refractivity contribution < 1.29 is 14.7 Å². The second-order valence-corrected chi connectivity index (χ2v) is 4.62. The van der Waals surface area contributed by atoms with E-state index in [0.717, 1.165) is 11.1 Å². The maximum Gasteiger partial charge on any atom is 0.304 e. The Morgan fingerprint density at radius 2 is 1.94 bits per heavy atom. The Balaban J connectivity index is 2.65. The molecule has 0 aliphatic rings. The van der Waals surface area contributed by atoms with Crippen LogP contribution in [0.1, 0.15) is 24.5 Å². The lowest BCUT2D eigenvalue weighted by Crippen LogP contribution is -2.32. The summed E-state index contributed by atoms with van der Waals surface area (Å²) in [5.41, 5.74) is 2.21. The topological polar surface area (TPSA) is 57.6 Å². The summed E-state index contributed by atoms with van der Waals surface area (Å²) in [4.78, 5) is 24.1. The summed E-state index contributed by atoms with van der Waals surface area (Å²) in [6.45, 7) is 4.15. The average Bonchev–Trinajstić information content (AvgIpc) is 2.30. The molecule has 1 atom stereocenters. The molecule has 0 radical (unpaired) electrons. The number of amides is 1. The van der Waals surface area contributed by atoms with Crippen LogP contribution < -0.4 is 0 Å². The van der Waals surface area contributed by atoms with Crippen LogP contribution in [0.4, 0.5) is 0 Å². The van der Waals surface area contributed by atoms with Gasteiger partial charge in [-0.3, -0.25) is 9.59 Å². The van der Waals surface area contributed by atoms with Gasteiger partial charge in [0.1, 0.15) is 0 Å². The van der Waals surface area contributed by atoms with Crippen LogP contribution in [0, 0.1) is 12.8 Å². The van der Waals surface area contributed by atoms with Crippen LogP contribution in [0.25, 0.3) is 0 Å². The van der Waals surface area contributed by atoms with Crippen molar-refractivity contribution in [2.45, 2.75) is 26.8 Å². The number of rotatable bonds is 5. The molecule has 1 aromatic carbocycles. The molecule has 0 spiro atoms. The fourth-order valence-electron chi connectivity index (χ4n) is 1.85. The lowest BCUT2D eigenvalue weighted by molar-refractivity contribution is -0.143. The van der Waals surface area contributed by atoms with Crippen LogP contribution in [-0.2, 0) is 16.1 Å². The lowest BCUT2D eigenvalue weighted by Gasteiger charge is -2.21. The molecular weight excluding hydrogens is 230 g/mol. The summed E-state index contributed by atoms with van der Waals surface area (Å²) in [6.07, 6.45) is -0.128. The van der Waals surface area contributed by atoms with Gasteiger partial charge in [0.25, 0.3) is 0 Å². The van der Waals surface area contributed by atoms with Crippen molar-refractivity contribution in [2.75, 3.05) is 7.05 Å². The van der Waals surface area contributed by atoms with Crippen LogP contribution >= 0.6 is 0 Å². The molecule has 0 saturated carbocycles. The van der Waals surface area contributed by atoms with Gasteiger partial charge >= 0.3 is 5.97 Å². The third-order valence-corrected chi connectivity index (χ3v) is 2.95. The maximum absolute atomic E-state index is 12.0. The molecule has 0 aliphatic heterocycles. The second-order valence-electron chi connectivity index (χ2n) is 4.62. The molecule has 0 bridgehead atoms. The third-order valence-electron chi connectivity index (χ3n) is 2.95. The van der Waals surface area contributed by atoms with Crippen molar-refractivity contribution in [3.63, 3.8) is 0 Å². The van der Waals surface area contributed by atoms with E-state index in [1.54, 1.807) is 18.9 Å². The SMILES string of the molecule is Cc1ccccc1CN(C)C(=O)C(C)CC(=O)O. The maximum atomic E-state index is 12.0. The summed E-state index contributed by atoms with van der Waals surface area (Å²) in [7, 11) is 1.70. The molecule has 1 unspecified atom stereocenters. The highest BCUT2D eigenvalue weighted by Gasteiger charge is 2.20. The van der Waals surface area contributed by atoms with E-state index in [1.165, 1.54) is 0 Å². The quantitative estimate of drug-likeness (QED) is 0.869. The summed E-state index contributed by atoms with van der Waals surface area (Å²) in [5, 5.41) is 8.68. The highest BCUT2D eigenvalue weighted by molar-refractivity contribution is 5.82. The number of hydrogen-bond acceptors (Lipinski definition) is 2. The minimum Gasteiger partial charge on any atom is -0.481 e. The number of aliphatic carboxylic acids is 1. The predicted molar refractivity (Wildman–Crippen MR) is 69.1 cm³/mol. The number of aryl methyl sites for hydroxylation is 1. The fraction of sp³-hybridized carbons (Fsp3) is 0.429. The Morgan fingerprint density at radius 1 is 1.33 bits per heavy atom. The van der Waals surface area contributed by atoms with Gasteiger partial charge in [-0.05, 0) is 18.1 Å². The first-order chi connectivity index (χ1) is 8.41. The van der Waals surface area contributed by atoms with E-state index in [9.17, 15) is 9.59 Å². The van der Waals surface area contributed by atoms with Crippen LogP contribution in [0.3, 0.4) is 0 Å². The molecule has 0 fully saturated rings. The molecule has 0 heterocycles. The first kappa shape index (κ1) is 14.2.